The Bertz CT molecular complexity index is 695. The van der Waals surface area contributed by atoms with Crippen LogP contribution in [0.2, 0.25) is 0 Å². The van der Waals surface area contributed by atoms with Gasteiger partial charge in [0.25, 0.3) is 0 Å². The number of sulfonamides is 1. The Morgan fingerprint density at radius 1 is 1.20 bits per heavy atom. The zero-order valence-corrected chi connectivity index (χ0v) is 13.4. The molecule has 0 aliphatic heterocycles. The largest absolute Gasteiger partial charge is 0.347 e. The molecular weight excluding hydrogens is 298 g/mol. The third-order valence-electron chi connectivity index (χ3n) is 3.28. The van der Waals surface area contributed by atoms with E-state index in [4.69, 9.17) is 0 Å². The molecule has 0 aliphatic rings. The maximum absolute atomic E-state index is 12.4. The number of aryl methyl sites for hydroxylation is 1. The van der Waals surface area contributed by atoms with E-state index in [1.807, 2.05) is 42.8 Å². The summed E-state index contributed by atoms with van der Waals surface area (Å²) in [6.45, 7) is 2.80. The summed E-state index contributed by atoms with van der Waals surface area (Å²) in [7, 11) is 0.189. The average Bonchev–Trinajstić information content (AvgIpc) is 2.63. The Morgan fingerprint density at radius 3 is 2.50 bits per heavy atom. The molecular formula is C13H20ClN3O2S. The Balaban J connectivity index is 0.00000200. The minimum atomic E-state index is -3.48. The van der Waals surface area contributed by atoms with E-state index in [-0.39, 0.29) is 12.4 Å². The van der Waals surface area contributed by atoms with Crippen molar-refractivity contribution >= 4 is 33.3 Å². The van der Waals surface area contributed by atoms with Gasteiger partial charge in [-0.1, -0.05) is 18.2 Å². The van der Waals surface area contributed by atoms with Crippen molar-refractivity contribution in [3.8, 4) is 0 Å². The molecule has 7 heteroatoms. The number of likely N-dealkylation sites (N-methyl/N-ethyl adjacent to an activating group) is 1. The van der Waals surface area contributed by atoms with Gasteiger partial charge in [-0.05, 0) is 20.0 Å². The highest BCUT2D eigenvalue weighted by Crippen LogP contribution is 2.28. The van der Waals surface area contributed by atoms with Gasteiger partial charge in [0.15, 0.2) is 0 Å². The van der Waals surface area contributed by atoms with Gasteiger partial charge in [0.1, 0.15) is 4.90 Å². The van der Waals surface area contributed by atoms with Crippen molar-refractivity contribution in [3.63, 3.8) is 0 Å². The van der Waals surface area contributed by atoms with Gasteiger partial charge in [0.05, 0.1) is 0 Å². The summed E-state index contributed by atoms with van der Waals surface area (Å²) >= 11 is 0. The molecule has 0 atom stereocenters. The molecule has 0 amide bonds. The van der Waals surface area contributed by atoms with Gasteiger partial charge < -0.3 is 9.88 Å². The fourth-order valence-electron chi connectivity index (χ4n) is 2.21. The van der Waals surface area contributed by atoms with Crippen LogP contribution < -0.4 is 10.0 Å². The molecule has 2 aromatic rings. The number of halogens is 1. The first-order valence-electron chi connectivity index (χ1n) is 6.17. The number of nitrogens with zero attached hydrogens (tertiary/aromatic N) is 1. The zero-order valence-electron chi connectivity index (χ0n) is 11.8. The molecule has 20 heavy (non-hydrogen) atoms. The molecule has 0 spiro atoms. The average molecular weight is 318 g/mol. The molecule has 1 heterocycles. The zero-order chi connectivity index (χ0) is 14.0. The van der Waals surface area contributed by atoms with Crippen LogP contribution >= 0.6 is 12.4 Å². The number of para-hydroxylation sites is 1. The van der Waals surface area contributed by atoms with Crippen LogP contribution in [0.3, 0.4) is 0 Å². The molecule has 0 radical (unpaired) electrons. The number of benzene rings is 1. The quantitative estimate of drug-likeness (QED) is 0.820. The van der Waals surface area contributed by atoms with Crippen LogP contribution in [-0.2, 0) is 17.1 Å². The van der Waals surface area contributed by atoms with E-state index in [1.54, 1.807) is 7.05 Å². The van der Waals surface area contributed by atoms with Crippen LogP contribution in [0.15, 0.2) is 29.2 Å². The van der Waals surface area contributed by atoms with Gasteiger partial charge in [-0.2, -0.15) is 0 Å². The SMILES string of the molecule is CNCCNS(=O)(=O)c1c(C)n(C)c2ccccc12.Cl. The maximum atomic E-state index is 12.4. The van der Waals surface area contributed by atoms with Crippen LogP contribution in [0.4, 0.5) is 0 Å². The minimum Gasteiger partial charge on any atom is -0.347 e. The van der Waals surface area contributed by atoms with Crippen LogP contribution in [0.25, 0.3) is 10.9 Å². The minimum absolute atomic E-state index is 0. The molecule has 0 fully saturated rings. The highest BCUT2D eigenvalue weighted by molar-refractivity contribution is 7.89. The second-order valence-electron chi connectivity index (χ2n) is 4.49. The first kappa shape index (κ1) is 17.0. The Labute approximate surface area is 125 Å². The van der Waals surface area contributed by atoms with Crippen LogP contribution in [0.5, 0.6) is 0 Å². The summed E-state index contributed by atoms with van der Waals surface area (Å²) in [5.41, 5.74) is 1.67. The topological polar surface area (TPSA) is 63.1 Å². The number of rotatable bonds is 5. The molecule has 0 unspecified atom stereocenters. The highest BCUT2D eigenvalue weighted by Gasteiger charge is 2.23. The van der Waals surface area contributed by atoms with Gasteiger partial charge in [0.2, 0.25) is 10.0 Å². The van der Waals surface area contributed by atoms with Crippen molar-refractivity contribution in [2.75, 3.05) is 20.1 Å². The monoisotopic (exact) mass is 317 g/mol. The van der Waals surface area contributed by atoms with E-state index in [2.05, 4.69) is 10.0 Å². The predicted octanol–water partition coefficient (Wildman–Crippen LogP) is 1.41. The second kappa shape index (κ2) is 6.58. The molecule has 0 saturated heterocycles. The van der Waals surface area contributed by atoms with E-state index in [1.165, 1.54) is 0 Å². The first-order valence-corrected chi connectivity index (χ1v) is 7.65. The molecule has 0 aliphatic carbocycles. The number of hydrogen-bond donors (Lipinski definition) is 2. The lowest BCUT2D eigenvalue weighted by atomic mass is 10.2. The molecule has 0 bridgehead atoms. The lowest BCUT2D eigenvalue weighted by Crippen LogP contribution is -2.30. The third kappa shape index (κ3) is 2.98. The van der Waals surface area contributed by atoms with Crippen molar-refractivity contribution in [1.29, 1.82) is 0 Å². The van der Waals surface area contributed by atoms with Crippen LogP contribution in [-0.4, -0.2) is 33.1 Å². The molecule has 112 valence electrons. The van der Waals surface area contributed by atoms with E-state index in [9.17, 15) is 8.42 Å². The normalized spacial score (nSPS) is 11.6. The molecule has 1 aromatic carbocycles. The number of fused-ring (bicyclic) bond motifs is 1. The van der Waals surface area contributed by atoms with Crippen molar-refractivity contribution in [2.24, 2.45) is 7.05 Å². The number of aromatic nitrogens is 1. The lowest BCUT2D eigenvalue weighted by molar-refractivity contribution is 0.579. The van der Waals surface area contributed by atoms with E-state index in [0.717, 1.165) is 16.6 Å². The summed E-state index contributed by atoms with van der Waals surface area (Å²) in [6, 6.07) is 7.53. The van der Waals surface area contributed by atoms with Crippen molar-refractivity contribution in [1.82, 2.24) is 14.6 Å². The van der Waals surface area contributed by atoms with E-state index in [0.29, 0.717) is 18.0 Å². The first-order chi connectivity index (χ1) is 8.99. The maximum Gasteiger partial charge on any atom is 0.243 e. The fraction of sp³-hybridized carbons (Fsp3) is 0.385. The van der Waals surface area contributed by atoms with Crippen molar-refractivity contribution in [3.05, 3.63) is 30.0 Å². The Kier molecular flexibility index (Phi) is 5.59. The van der Waals surface area contributed by atoms with Gasteiger partial charge in [0, 0.05) is 36.7 Å². The van der Waals surface area contributed by atoms with Gasteiger partial charge in [-0.15, -0.1) is 12.4 Å². The predicted molar refractivity (Wildman–Crippen MR) is 84.0 cm³/mol. The van der Waals surface area contributed by atoms with Crippen molar-refractivity contribution < 1.29 is 8.42 Å². The smallest absolute Gasteiger partial charge is 0.243 e. The summed E-state index contributed by atoms with van der Waals surface area (Å²) in [4.78, 5) is 0.377. The standard InChI is InChI=1S/C13H19N3O2S.ClH/c1-10-13(19(17,18)15-9-8-14-2)11-6-4-5-7-12(11)16(10)3;/h4-7,14-15H,8-9H2,1-3H3;1H. The third-order valence-corrected chi connectivity index (χ3v) is 4.91. The lowest BCUT2D eigenvalue weighted by Gasteiger charge is -2.07. The Hall–Kier alpha value is -1.08. The van der Waals surface area contributed by atoms with Gasteiger partial charge in [-0.3, -0.25) is 0 Å². The van der Waals surface area contributed by atoms with Crippen LogP contribution in [0.1, 0.15) is 5.69 Å². The van der Waals surface area contributed by atoms with Gasteiger partial charge >= 0.3 is 0 Å². The van der Waals surface area contributed by atoms with Gasteiger partial charge in [-0.25, -0.2) is 13.1 Å². The summed E-state index contributed by atoms with van der Waals surface area (Å²) in [5, 5.41) is 3.68. The summed E-state index contributed by atoms with van der Waals surface area (Å²) < 4.78 is 29.3. The molecule has 0 saturated carbocycles. The molecule has 5 nitrogen and oxygen atoms in total. The Morgan fingerprint density at radius 2 is 1.85 bits per heavy atom. The summed E-state index contributed by atoms with van der Waals surface area (Å²) in [5.74, 6) is 0. The number of hydrogen-bond acceptors (Lipinski definition) is 3. The summed E-state index contributed by atoms with van der Waals surface area (Å²) in [6.07, 6.45) is 0. The molecule has 2 N–H and O–H groups in total. The molecule has 2 rings (SSSR count). The number of nitrogens with one attached hydrogen (secondary N) is 2. The fourth-order valence-corrected chi connectivity index (χ4v) is 3.71. The second-order valence-corrected chi connectivity index (χ2v) is 6.20. The van der Waals surface area contributed by atoms with Crippen LogP contribution in [0, 0.1) is 6.92 Å². The van der Waals surface area contributed by atoms with Crippen molar-refractivity contribution in [2.45, 2.75) is 11.8 Å². The molecule has 1 aromatic heterocycles. The van der Waals surface area contributed by atoms with E-state index >= 15 is 0 Å². The highest BCUT2D eigenvalue weighted by atomic mass is 35.5. The van der Waals surface area contributed by atoms with E-state index < -0.39 is 10.0 Å².